The van der Waals surface area contributed by atoms with Crippen LogP contribution < -0.4 is 10.1 Å². The summed E-state index contributed by atoms with van der Waals surface area (Å²) in [7, 11) is 0. The summed E-state index contributed by atoms with van der Waals surface area (Å²) in [6.07, 6.45) is 0.698. The van der Waals surface area contributed by atoms with E-state index < -0.39 is 0 Å². The topological polar surface area (TPSA) is 56.2 Å². The molecule has 2 aromatic carbocycles. The van der Waals surface area contributed by atoms with Crippen LogP contribution in [0.5, 0.6) is 5.75 Å². The van der Waals surface area contributed by atoms with Crippen molar-refractivity contribution in [1.29, 1.82) is 0 Å². The molecule has 2 heterocycles. The Morgan fingerprint density at radius 3 is 2.85 bits per heavy atom. The third-order valence-electron chi connectivity index (χ3n) is 4.88. The first-order valence-electron chi connectivity index (χ1n) is 9.10. The molecule has 1 aliphatic rings. The highest BCUT2D eigenvalue weighted by Gasteiger charge is 2.27. The molecule has 5 nitrogen and oxygen atoms in total. The van der Waals surface area contributed by atoms with E-state index in [1.165, 1.54) is 0 Å². The number of rotatable bonds is 4. The lowest BCUT2D eigenvalue weighted by Crippen LogP contribution is -2.32. The van der Waals surface area contributed by atoms with Gasteiger partial charge in [0, 0.05) is 11.6 Å². The summed E-state index contributed by atoms with van der Waals surface area (Å²) in [5, 5.41) is 3.09. The average Bonchev–Trinajstić information content (AvgIpc) is 3.04. The Morgan fingerprint density at radius 1 is 1.23 bits per heavy atom. The van der Waals surface area contributed by atoms with Crippen LogP contribution in [0.15, 0.2) is 48.5 Å². The van der Waals surface area contributed by atoms with Crippen LogP contribution in [-0.2, 0) is 11.3 Å². The van der Waals surface area contributed by atoms with Crippen molar-refractivity contribution < 1.29 is 9.53 Å². The minimum atomic E-state index is -0.170. The van der Waals surface area contributed by atoms with Gasteiger partial charge in [-0.1, -0.05) is 30.3 Å². The molecule has 5 heteroatoms. The second kappa shape index (κ2) is 6.83. The minimum absolute atomic E-state index is 0.0307. The average molecular weight is 349 g/mol. The third kappa shape index (κ3) is 2.94. The van der Waals surface area contributed by atoms with Crippen LogP contribution in [0.25, 0.3) is 11.0 Å². The van der Waals surface area contributed by atoms with Crippen molar-refractivity contribution in [3.05, 3.63) is 59.9 Å². The number of nitrogens with zero attached hydrogens (tertiary/aromatic N) is 2. The predicted octanol–water partition coefficient (Wildman–Crippen LogP) is 3.80. The standard InChI is InChI=1S/C21H23N3O2/c1-14(2)24-18-9-5-4-8-17(18)23-20(24)13-22-21(25)16-11-12-26-19-10-6-3-7-15(16)19/h3-10,14,16H,11-13H2,1-2H3,(H,22,25)/t16-/m1/s1. The maximum Gasteiger partial charge on any atom is 0.228 e. The Balaban J connectivity index is 1.56. The van der Waals surface area contributed by atoms with Gasteiger partial charge in [0.2, 0.25) is 5.91 Å². The first-order valence-corrected chi connectivity index (χ1v) is 9.10. The van der Waals surface area contributed by atoms with Crippen molar-refractivity contribution in [1.82, 2.24) is 14.9 Å². The number of imidazole rings is 1. The number of aromatic nitrogens is 2. The molecule has 1 amide bonds. The molecule has 1 N–H and O–H groups in total. The van der Waals surface area contributed by atoms with E-state index in [9.17, 15) is 4.79 Å². The highest BCUT2D eigenvalue weighted by atomic mass is 16.5. The van der Waals surface area contributed by atoms with E-state index in [0.29, 0.717) is 19.6 Å². The molecule has 134 valence electrons. The van der Waals surface area contributed by atoms with Gasteiger partial charge in [-0.3, -0.25) is 4.79 Å². The van der Waals surface area contributed by atoms with E-state index in [1.807, 2.05) is 42.5 Å². The first-order chi connectivity index (χ1) is 12.6. The van der Waals surface area contributed by atoms with E-state index in [-0.39, 0.29) is 17.9 Å². The third-order valence-corrected chi connectivity index (χ3v) is 4.88. The quantitative estimate of drug-likeness (QED) is 0.779. The number of carbonyl (C=O) groups excluding carboxylic acids is 1. The molecular weight excluding hydrogens is 326 g/mol. The first kappa shape index (κ1) is 16.6. The zero-order chi connectivity index (χ0) is 18.1. The van der Waals surface area contributed by atoms with Crippen molar-refractivity contribution in [2.24, 2.45) is 0 Å². The zero-order valence-corrected chi connectivity index (χ0v) is 15.1. The molecule has 0 saturated carbocycles. The zero-order valence-electron chi connectivity index (χ0n) is 15.1. The highest BCUT2D eigenvalue weighted by Crippen LogP contribution is 2.33. The van der Waals surface area contributed by atoms with Crippen molar-refractivity contribution in [2.75, 3.05) is 6.61 Å². The molecule has 0 radical (unpaired) electrons. The lowest BCUT2D eigenvalue weighted by atomic mass is 9.92. The summed E-state index contributed by atoms with van der Waals surface area (Å²) >= 11 is 0. The van der Waals surface area contributed by atoms with Gasteiger partial charge in [0.1, 0.15) is 11.6 Å². The molecule has 3 aromatic rings. The van der Waals surface area contributed by atoms with Gasteiger partial charge in [-0.15, -0.1) is 0 Å². The van der Waals surface area contributed by atoms with Gasteiger partial charge in [-0.05, 0) is 38.5 Å². The van der Waals surface area contributed by atoms with Gasteiger partial charge in [-0.25, -0.2) is 4.98 Å². The van der Waals surface area contributed by atoms with Gasteiger partial charge in [-0.2, -0.15) is 0 Å². The predicted molar refractivity (Wildman–Crippen MR) is 101 cm³/mol. The SMILES string of the molecule is CC(C)n1c(CNC(=O)[C@@H]2CCOc3ccccc32)nc2ccccc21. The Bertz CT molecular complexity index is 945. The number of hydrogen-bond acceptors (Lipinski definition) is 3. The number of amides is 1. The molecule has 0 saturated heterocycles. The molecule has 0 unspecified atom stereocenters. The molecule has 26 heavy (non-hydrogen) atoms. The fourth-order valence-corrected chi connectivity index (χ4v) is 3.70. The Labute approximate surface area is 153 Å². The van der Waals surface area contributed by atoms with Gasteiger partial charge >= 0.3 is 0 Å². The van der Waals surface area contributed by atoms with Crippen LogP contribution >= 0.6 is 0 Å². The Hall–Kier alpha value is -2.82. The number of benzene rings is 2. The molecule has 1 aromatic heterocycles. The molecule has 1 aliphatic heterocycles. The molecule has 4 rings (SSSR count). The Kier molecular flexibility index (Phi) is 4.37. The number of para-hydroxylation sites is 3. The smallest absolute Gasteiger partial charge is 0.228 e. The van der Waals surface area contributed by atoms with Crippen molar-refractivity contribution in [2.45, 2.75) is 38.8 Å². The van der Waals surface area contributed by atoms with E-state index in [4.69, 9.17) is 9.72 Å². The molecule has 0 bridgehead atoms. The maximum atomic E-state index is 12.8. The molecular formula is C21H23N3O2. The molecule has 0 aliphatic carbocycles. The summed E-state index contributed by atoms with van der Waals surface area (Å²) in [5.41, 5.74) is 3.03. The highest BCUT2D eigenvalue weighted by molar-refractivity contribution is 5.84. The van der Waals surface area contributed by atoms with Gasteiger partial charge in [0.05, 0.1) is 30.1 Å². The van der Waals surface area contributed by atoms with Crippen LogP contribution in [0.1, 0.15) is 43.6 Å². The van der Waals surface area contributed by atoms with Crippen molar-refractivity contribution in [3.8, 4) is 5.75 Å². The van der Waals surface area contributed by atoms with Gasteiger partial charge in [0.15, 0.2) is 0 Å². The maximum absolute atomic E-state index is 12.8. The van der Waals surface area contributed by atoms with E-state index >= 15 is 0 Å². The van der Waals surface area contributed by atoms with Crippen LogP contribution in [-0.4, -0.2) is 22.1 Å². The number of ether oxygens (including phenoxy) is 1. The van der Waals surface area contributed by atoms with E-state index in [0.717, 1.165) is 28.2 Å². The molecule has 0 fully saturated rings. The Morgan fingerprint density at radius 2 is 2.00 bits per heavy atom. The van der Waals surface area contributed by atoms with Gasteiger partial charge < -0.3 is 14.6 Å². The summed E-state index contributed by atoms with van der Waals surface area (Å²) < 4.78 is 7.85. The van der Waals surface area contributed by atoms with Crippen molar-refractivity contribution >= 4 is 16.9 Å². The minimum Gasteiger partial charge on any atom is -0.493 e. The second-order valence-corrected chi connectivity index (χ2v) is 6.93. The van der Waals surface area contributed by atoms with Crippen LogP contribution in [0, 0.1) is 0 Å². The second-order valence-electron chi connectivity index (χ2n) is 6.93. The summed E-state index contributed by atoms with van der Waals surface area (Å²) in [6, 6.07) is 16.1. The van der Waals surface area contributed by atoms with Crippen LogP contribution in [0.2, 0.25) is 0 Å². The summed E-state index contributed by atoms with van der Waals surface area (Å²) in [4.78, 5) is 17.5. The van der Waals surface area contributed by atoms with Crippen molar-refractivity contribution in [3.63, 3.8) is 0 Å². The number of fused-ring (bicyclic) bond motifs is 2. The van der Waals surface area contributed by atoms with Crippen LogP contribution in [0.3, 0.4) is 0 Å². The van der Waals surface area contributed by atoms with Crippen LogP contribution in [0.4, 0.5) is 0 Å². The summed E-state index contributed by atoms with van der Waals surface area (Å²) in [6.45, 7) is 5.26. The van der Waals surface area contributed by atoms with E-state index in [2.05, 4.69) is 29.8 Å². The lowest BCUT2D eigenvalue weighted by Gasteiger charge is -2.25. The number of hydrogen-bond donors (Lipinski definition) is 1. The lowest BCUT2D eigenvalue weighted by molar-refractivity contribution is -0.123. The molecule has 1 atom stereocenters. The number of carbonyl (C=O) groups is 1. The number of nitrogens with one attached hydrogen (secondary N) is 1. The van der Waals surface area contributed by atoms with E-state index in [1.54, 1.807) is 0 Å². The largest absolute Gasteiger partial charge is 0.493 e. The fraction of sp³-hybridized carbons (Fsp3) is 0.333. The normalized spacial score (nSPS) is 16.3. The molecule has 0 spiro atoms. The van der Waals surface area contributed by atoms with Gasteiger partial charge in [0.25, 0.3) is 0 Å². The fourth-order valence-electron chi connectivity index (χ4n) is 3.70. The monoisotopic (exact) mass is 349 g/mol. The summed E-state index contributed by atoms with van der Waals surface area (Å²) in [5.74, 6) is 1.56.